The van der Waals surface area contributed by atoms with Gasteiger partial charge < -0.3 is 4.74 Å². The normalized spacial score (nSPS) is 22.8. The first-order valence-corrected chi connectivity index (χ1v) is 15.1. The maximum absolute atomic E-state index is 13.7. The van der Waals surface area contributed by atoms with Crippen molar-refractivity contribution in [1.29, 1.82) is 0 Å². The van der Waals surface area contributed by atoms with Gasteiger partial charge in [0.1, 0.15) is 5.75 Å². The van der Waals surface area contributed by atoms with Crippen LogP contribution in [0.5, 0.6) is 5.75 Å². The molecule has 1 aromatic heterocycles. The molecule has 7 heteroatoms. The van der Waals surface area contributed by atoms with E-state index in [2.05, 4.69) is 51.0 Å². The van der Waals surface area contributed by atoms with E-state index in [9.17, 15) is 9.59 Å². The molecule has 2 aromatic rings. The minimum atomic E-state index is -0.437. The van der Waals surface area contributed by atoms with Crippen LogP contribution in [0.15, 0.2) is 18.2 Å². The third kappa shape index (κ3) is 5.24. The molecule has 0 saturated carbocycles. The zero-order valence-electron chi connectivity index (χ0n) is 21.3. The van der Waals surface area contributed by atoms with Crippen LogP contribution < -0.4 is 31.3 Å². The summed E-state index contributed by atoms with van der Waals surface area (Å²) in [6.07, 6.45) is 4.23. The number of carbonyl (C=O) groups is 2. The summed E-state index contributed by atoms with van der Waals surface area (Å²) in [7, 11) is 1.67. The first-order chi connectivity index (χ1) is 16.1. The van der Waals surface area contributed by atoms with E-state index in [1.807, 2.05) is 17.0 Å². The number of alkyl halides is 2. The number of hydrogen-bond acceptors (Lipinski definition) is 3. The fourth-order valence-corrected chi connectivity index (χ4v) is 7.78. The van der Waals surface area contributed by atoms with Gasteiger partial charge in [-0.15, -0.1) is 0 Å². The molecule has 2 amide bonds. The average molecular weight is 581 g/mol. The van der Waals surface area contributed by atoms with Crippen LogP contribution in [0.1, 0.15) is 77.6 Å². The van der Waals surface area contributed by atoms with Crippen LogP contribution >= 0.6 is 0 Å². The molecule has 0 aliphatic carbocycles. The number of nitrogens with one attached hydrogen (secondary N) is 2. The number of aromatic amines is 1. The molecular formula is C27H39IN3O3-. The van der Waals surface area contributed by atoms with Crippen molar-refractivity contribution in [3.8, 4) is 5.75 Å². The second-order valence-electron chi connectivity index (χ2n) is 11.0. The zero-order chi connectivity index (χ0) is 24.6. The molecule has 188 valence electrons. The van der Waals surface area contributed by atoms with E-state index in [0.717, 1.165) is 53.6 Å². The van der Waals surface area contributed by atoms with Gasteiger partial charge in [-0.2, -0.15) is 0 Å². The van der Waals surface area contributed by atoms with Crippen LogP contribution in [-0.4, -0.2) is 48.7 Å². The molecule has 1 saturated heterocycles. The average Bonchev–Trinajstić information content (AvgIpc) is 3.13. The molecule has 4 rings (SSSR count). The van der Waals surface area contributed by atoms with Gasteiger partial charge in [0.2, 0.25) is 0 Å². The van der Waals surface area contributed by atoms with Gasteiger partial charge >= 0.3 is 191 Å². The van der Waals surface area contributed by atoms with Crippen LogP contribution in [-0.2, 0) is 16.0 Å². The van der Waals surface area contributed by atoms with E-state index >= 15 is 0 Å². The Hall–Kier alpha value is -1.77. The van der Waals surface area contributed by atoms with Crippen molar-refractivity contribution in [3.63, 3.8) is 0 Å². The SMILES string of the molecule is COc1ccc2c3c([nH]c2c1)[C@H](CC(C)C)N1C(=O)[C@H](CCCC[I-]C(C)(C)C)NC(=O)[C@@H]1C3. The molecule has 3 heterocycles. The number of amides is 2. The van der Waals surface area contributed by atoms with Gasteiger partial charge in [-0.1, -0.05) is 0 Å². The van der Waals surface area contributed by atoms with E-state index in [0.29, 0.717) is 15.8 Å². The summed E-state index contributed by atoms with van der Waals surface area (Å²) >= 11 is 0.160. The molecule has 2 N–H and O–H groups in total. The van der Waals surface area contributed by atoms with Crippen molar-refractivity contribution < 1.29 is 35.5 Å². The molecule has 34 heavy (non-hydrogen) atoms. The van der Waals surface area contributed by atoms with E-state index < -0.39 is 12.1 Å². The van der Waals surface area contributed by atoms with Gasteiger partial charge in [-0.05, 0) is 6.07 Å². The summed E-state index contributed by atoms with van der Waals surface area (Å²) in [6, 6.07) is 5.08. The van der Waals surface area contributed by atoms with Crippen LogP contribution in [0.2, 0.25) is 0 Å². The van der Waals surface area contributed by atoms with Gasteiger partial charge in [0.25, 0.3) is 0 Å². The van der Waals surface area contributed by atoms with Crippen molar-refractivity contribution >= 4 is 22.7 Å². The maximum atomic E-state index is 13.7. The minimum absolute atomic E-state index is 0.00557. The van der Waals surface area contributed by atoms with Crippen LogP contribution in [0.4, 0.5) is 0 Å². The van der Waals surface area contributed by atoms with Gasteiger partial charge in [0.15, 0.2) is 0 Å². The number of unbranched alkanes of at least 4 members (excludes halogenated alkanes) is 1. The Kier molecular flexibility index (Phi) is 7.50. The van der Waals surface area contributed by atoms with Crippen LogP contribution in [0.25, 0.3) is 10.9 Å². The number of ether oxygens (including phenoxy) is 1. The van der Waals surface area contributed by atoms with E-state index in [-0.39, 0.29) is 39.1 Å². The quantitative estimate of drug-likeness (QED) is 0.283. The second kappa shape index (κ2) is 10.1. The molecule has 6 nitrogen and oxygen atoms in total. The first-order valence-electron chi connectivity index (χ1n) is 12.5. The number of methoxy groups -OCH3 is 1. The van der Waals surface area contributed by atoms with Crippen molar-refractivity contribution in [2.45, 2.75) is 88.3 Å². The van der Waals surface area contributed by atoms with Crippen molar-refractivity contribution in [1.82, 2.24) is 15.2 Å². The molecule has 0 bridgehead atoms. The van der Waals surface area contributed by atoms with Gasteiger partial charge in [0, 0.05) is 0 Å². The molecule has 0 radical (unpaired) electrons. The Morgan fingerprint density at radius 2 is 1.97 bits per heavy atom. The number of fused-ring (bicyclic) bond motifs is 4. The fraction of sp³-hybridized carbons (Fsp3) is 0.630. The zero-order valence-corrected chi connectivity index (χ0v) is 23.5. The number of benzene rings is 1. The Labute approximate surface area is 213 Å². The third-order valence-electron chi connectivity index (χ3n) is 6.79. The number of H-pyrrole nitrogens is 1. The molecule has 1 aromatic carbocycles. The van der Waals surface area contributed by atoms with E-state index in [1.54, 1.807) is 7.11 Å². The summed E-state index contributed by atoms with van der Waals surface area (Å²) in [5.74, 6) is 1.28. The Morgan fingerprint density at radius 3 is 2.65 bits per heavy atom. The summed E-state index contributed by atoms with van der Waals surface area (Å²) in [4.78, 5) is 32.5. The molecule has 0 unspecified atom stereocenters. The molecule has 2 aliphatic rings. The Balaban J connectivity index is 1.58. The van der Waals surface area contributed by atoms with Crippen molar-refractivity contribution in [2.24, 2.45) is 5.92 Å². The summed E-state index contributed by atoms with van der Waals surface area (Å²) in [6.45, 7) is 11.3. The van der Waals surface area contributed by atoms with Gasteiger partial charge in [-0.3, -0.25) is 0 Å². The van der Waals surface area contributed by atoms with E-state index in [4.69, 9.17) is 4.74 Å². The Bertz CT molecular complexity index is 1060. The fourth-order valence-electron chi connectivity index (χ4n) is 5.24. The first kappa shape index (κ1) is 25.3. The van der Waals surface area contributed by atoms with Gasteiger partial charge in [-0.25, -0.2) is 0 Å². The number of nitrogens with zero attached hydrogens (tertiary/aromatic N) is 1. The molecule has 2 aliphatic heterocycles. The van der Waals surface area contributed by atoms with Gasteiger partial charge in [0.05, 0.1) is 7.11 Å². The van der Waals surface area contributed by atoms with Crippen LogP contribution in [0.3, 0.4) is 0 Å². The van der Waals surface area contributed by atoms with Crippen molar-refractivity contribution in [2.75, 3.05) is 11.5 Å². The standard InChI is InChI=1S/C27H39IN3O3/c1-16(2)13-22-24-19(18-11-10-17(34-6)14-21(18)29-24)15-23-25(32)30-20(26(33)31(22)23)9-7-8-12-28-27(3,4)5/h10-11,14,16,20,22-23,29H,7-9,12-13,15H2,1-6H3,(H,30,32)/q-1/t20-,22-,23-/m0/s1. The van der Waals surface area contributed by atoms with Crippen LogP contribution in [0, 0.1) is 5.92 Å². The summed E-state index contributed by atoms with van der Waals surface area (Å²) in [5, 5.41) is 4.20. The number of hydrogen-bond donors (Lipinski definition) is 2. The second-order valence-corrected chi connectivity index (χ2v) is 16.1. The molecule has 3 atom stereocenters. The summed E-state index contributed by atoms with van der Waals surface area (Å²) < 4.78 is 7.13. The number of halogens is 1. The monoisotopic (exact) mass is 580 g/mol. The molecule has 0 spiro atoms. The van der Waals surface area contributed by atoms with E-state index in [1.165, 1.54) is 4.43 Å². The topological polar surface area (TPSA) is 74.4 Å². The Morgan fingerprint density at radius 1 is 1.21 bits per heavy atom. The number of carbonyl (C=O) groups excluding carboxylic acids is 2. The molecular weight excluding hydrogens is 541 g/mol. The number of aromatic nitrogens is 1. The predicted octanol–water partition coefficient (Wildman–Crippen LogP) is 1.57. The number of rotatable bonds is 8. The molecule has 1 fully saturated rings. The summed E-state index contributed by atoms with van der Waals surface area (Å²) in [5.41, 5.74) is 3.26. The predicted molar refractivity (Wildman–Crippen MR) is 132 cm³/mol. The van der Waals surface area contributed by atoms with Crippen molar-refractivity contribution in [3.05, 3.63) is 29.5 Å². The number of piperazine rings is 1. The third-order valence-corrected chi connectivity index (χ3v) is 10.4.